The first-order valence-corrected chi connectivity index (χ1v) is 13.9. The Labute approximate surface area is 267 Å². The van der Waals surface area contributed by atoms with E-state index in [4.69, 9.17) is 23.2 Å². The molecule has 2 heterocycles. The zero-order chi connectivity index (χ0) is 28.2. The summed E-state index contributed by atoms with van der Waals surface area (Å²) in [6, 6.07) is 21.2. The maximum Gasteiger partial charge on any atom is 0.271 e. The number of nitrogens with one attached hydrogen (secondary N) is 1. The monoisotopic (exact) mass is 653 g/mol. The van der Waals surface area contributed by atoms with E-state index in [0.717, 1.165) is 37.4 Å². The Hall–Kier alpha value is -2.85. The number of hydrogen-bond donors (Lipinski definition) is 2. The van der Waals surface area contributed by atoms with Gasteiger partial charge >= 0.3 is 0 Å². The van der Waals surface area contributed by atoms with Crippen molar-refractivity contribution in [1.82, 2.24) is 19.8 Å². The molecule has 1 atom stereocenters. The lowest BCUT2D eigenvalue weighted by molar-refractivity contribution is 0.0847. The van der Waals surface area contributed by atoms with Crippen molar-refractivity contribution >= 4 is 59.6 Å². The number of amides is 1. The minimum atomic E-state index is -0.752. The largest absolute Gasteiger partial charge is 0.390 e. The van der Waals surface area contributed by atoms with Crippen LogP contribution in [0.25, 0.3) is 17.1 Å². The molecule has 2 N–H and O–H groups in total. The van der Waals surface area contributed by atoms with Gasteiger partial charge in [-0.1, -0.05) is 59.6 Å². The molecule has 4 aromatic rings. The van der Waals surface area contributed by atoms with E-state index in [1.165, 1.54) is 12.1 Å². The molecule has 3 aromatic carbocycles. The first kappa shape index (κ1) is 33.6. The fourth-order valence-electron chi connectivity index (χ4n) is 4.97. The van der Waals surface area contributed by atoms with Crippen LogP contribution in [0.1, 0.15) is 16.2 Å². The van der Waals surface area contributed by atoms with Crippen LogP contribution in [0.15, 0.2) is 72.8 Å². The van der Waals surface area contributed by atoms with Crippen LogP contribution in [0, 0.1) is 12.7 Å². The molecule has 0 radical (unpaired) electrons. The van der Waals surface area contributed by atoms with Crippen molar-refractivity contribution in [2.75, 3.05) is 44.2 Å². The lowest BCUT2D eigenvalue weighted by Gasteiger charge is -2.37. The second kappa shape index (κ2) is 15.0. The van der Waals surface area contributed by atoms with Crippen LogP contribution in [-0.2, 0) is 0 Å². The van der Waals surface area contributed by atoms with Gasteiger partial charge in [-0.15, -0.1) is 24.8 Å². The minimum Gasteiger partial charge on any atom is -0.390 e. The van der Waals surface area contributed by atoms with Gasteiger partial charge in [0.05, 0.1) is 27.5 Å². The van der Waals surface area contributed by atoms with E-state index in [2.05, 4.69) is 20.1 Å². The number of carbonyl (C=O) groups is 1. The average molecular weight is 655 g/mol. The number of anilines is 1. The number of aromatic nitrogens is 2. The highest BCUT2D eigenvalue weighted by Crippen LogP contribution is 2.33. The molecule has 12 heteroatoms. The molecule has 7 nitrogen and oxygen atoms in total. The number of piperazine rings is 1. The Morgan fingerprint density at radius 3 is 2.31 bits per heavy atom. The average Bonchev–Trinajstić information content (AvgIpc) is 3.31. The number of imidazole rings is 1. The molecule has 0 bridgehead atoms. The number of rotatable bonds is 8. The summed E-state index contributed by atoms with van der Waals surface area (Å²) < 4.78 is 15.4. The third-order valence-electron chi connectivity index (χ3n) is 7.05. The third kappa shape index (κ3) is 7.56. The number of benzene rings is 3. The molecular weight excluding hydrogens is 623 g/mol. The van der Waals surface area contributed by atoms with E-state index in [1.807, 2.05) is 47.0 Å². The number of carbonyl (C=O) groups excluding carboxylic acids is 1. The van der Waals surface area contributed by atoms with Gasteiger partial charge < -0.3 is 15.3 Å². The molecule has 1 aliphatic heterocycles. The maximum atomic E-state index is 13.6. The lowest BCUT2D eigenvalue weighted by atomic mass is 10.2. The molecule has 5 rings (SSSR count). The summed E-state index contributed by atoms with van der Waals surface area (Å²) in [4.78, 5) is 22.2. The molecule has 1 unspecified atom stereocenters. The van der Waals surface area contributed by atoms with Crippen molar-refractivity contribution in [1.29, 1.82) is 0 Å². The number of hydrogen-bond acceptors (Lipinski definition) is 5. The van der Waals surface area contributed by atoms with Crippen molar-refractivity contribution in [3.63, 3.8) is 0 Å². The molecule has 224 valence electrons. The van der Waals surface area contributed by atoms with Crippen molar-refractivity contribution in [2.24, 2.45) is 0 Å². The van der Waals surface area contributed by atoms with Crippen molar-refractivity contribution < 1.29 is 14.3 Å². The molecule has 0 aliphatic carbocycles. The second-order valence-corrected chi connectivity index (χ2v) is 10.6. The summed E-state index contributed by atoms with van der Waals surface area (Å²) in [6.07, 6.45) is -0.752. The first-order valence-electron chi connectivity index (χ1n) is 13.1. The van der Waals surface area contributed by atoms with E-state index in [1.54, 1.807) is 25.1 Å². The molecule has 1 aliphatic rings. The number of halogens is 5. The zero-order valence-electron chi connectivity index (χ0n) is 22.8. The standard InChI is InChI=1S/C30H30Cl2FN5O2.2ClH/c1-20-28(35-29(21-6-3-2-4-7-21)38(20)23-12-10-22(33)11-13-23)30(40)34-18-24(39)19-36-14-16-37(17-15-36)26-9-5-8-25(31)27(26)32;;/h2-13,24,39H,14-19H2,1H3,(H,34,40);2*1H. The fraction of sp³-hybridized carbons (Fsp3) is 0.267. The molecular formula is C30H32Cl4FN5O2. The molecule has 1 amide bonds. The Bertz CT molecular complexity index is 1480. The van der Waals surface area contributed by atoms with Crippen LogP contribution in [0.4, 0.5) is 10.1 Å². The van der Waals surface area contributed by atoms with Crippen molar-refractivity contribution in [2.45, 2.75) is 13.0 Å². The predicted molar refractivity (Wildman–Crippen MR) is 172 cm³/mol. The fourth-order valence-corrected chi connectivity index (χ4v) is 5.38. The topological polar surface area (TPSA) is 73.6 Å². The van der Waals surface area contributed by atoms with E-state index >= 15 is 0 Å². The van der Waals surface area contributed by atoms with Crippen molar-refractivity contribution in [3.05, 3.63) is 100 Å². The van der Waals surface area contributed by atoms with Gasteiger partial charge in [-0.25, -0.2) is 9.37 Å². The highest BCUT2D eigenvalue weighted by atomic mass is 35.5. The number of aliphatic hydroxyl groups excluding tert-OH is 1. The quantitative estimate of drug-likeness (QED) is 0.242. The summed E-state index contributed by atoms with van der Waals surface area (Å²) in [5.41, 5.74) is 3.30. The Balaban J connectivity index is 0.00000242. The SMILES string of the molecule is Cc1c(C(=O)NCC(O)CN2CCN(c3cccc(Cl)c3Cl)CC2)nc(-c2ccccc2)n1-c1ccc(F)cc1.Cl.Cl. The molecule has 0 saturated carbocycles. The number of β-amino-alcohol motifs (C(OH)–C–C–N with tert-alkyl or cyclic N) is 1. The van der Waals surface area contributed by atoms with E-state index < -0.39 is 6.10 Å². The Kier molecular flexibility index (Phi) is 12.1. The van der Waals surface area contributed by atoms with Gasteiger partial charge in [0.15, 0.2) is 0 Å². The molecule has 1 saturated heterocycles. The molecule has 0 spiro atoms. The zero-order valence-corrected chi connectivity index (χ0v) is 26.0. The van der Waals surface area contributed by atoms with Gasteiger partial charge in [0.25, 0.3) is 5.91 Å². The van der Waals surface area contributed by atoms with Crippen LogP contribution >= 0.6 is 48.0 Å². The highest BCUT2D eigenvalue weighted by molar-refractivity contribution is 6.43. The van der Waals surface area contributed by atoms with Crippen LogP contribution < -0.4 is 10.2 Å². The molecule has 1 aromatic heterocycles. The highest BCUT2D eigenvalue weighted by Gasteiger charge is 2.24. The number of nitrogens with zero attached hydrogens (tertiary/aromatic N) is 4. The Morgan fingerprint density at radius 2 is 1.64 bits per heavy atom. The van der Waals surface area contributed by atoms with Gasteiger partial charge in [-0.2, -0.15) is 0 Å². The van der Waals surface area contributed by atoms with Gasteiger partial charge in [0.1, 0.15) is 17.3 Å². The van der Waals surface area contributed by atoms with Gasteiger partial charge in [-0.3, -0.25) is 14.3 Å². The molecule has 1 fully saturated rings. The van der Waals surface area contributed by atoms with Gasteiger partial charge in [-0.05, 0) is 43.3 Å². The summed E-state index contributed by atoms with van der Waals surface area (Å²) in [7, 11) is 0. The first-order chi connectivity index (χ1) is 19.3. The second-order valence-electron chi connectivity index (χ2n) is 9.77. The van der Waals surface area contributed by atoms with Crippen LogP contribution in [0.5, 0.6) is 0 Å². The van der Waals surface area contributed by atoms with Gasteiger partial charge in [0.2, 0.25) is 0 Å². The van der Waals surface area contributed by atoms with E-state index in [0.29, 0.717) is 33.8 Å². The van der Waals surface area contributed by atoms with Crippen LogP contribution in [-0.4, -0.2) is 70.8 Å². The summed E-state index contributed by atoms with van der Waals surface area (Å²) >= 11 is 12.5. The molecule has 42 heavy (non-hydrogen) atoms. The van der Waals surface area contributed by atoms with Crippen LogP contribution in [0.3, 0.4) is 0 Å². The minimum absolute atomic E-state index is 0. The summed E-state index contributed by atoms with van der Waals surface area (Å²) in [6.45, 7) is 5.31. The van der Waals surface area contributed by atoms with E-state index in [9.17, 15) is 14.3 Å². The predicted octanol–water partition coefficient (Wildman–Crippen LogP) is 6.05. The number of aliphatic hydroxyl groups is 1. The smallest absolute Gasteiger partial charge is 0.271 e. The van der Waals surface area contributed by atoms with Gasteiger partial charge in [0, 0.05) is 50.5 Å². The summed E-state index contributed by atoms with van der Waals surface area (Å²) in [5, 5.41) is 14.6. The van der Waals surface area contributed by atoms with Crippen LogP contribution in [0.2, 0.25) is 10.0 Å². The summed E-state index contributed by atoms with van der Waals surface area (Å²) in [5.74, 6) is -0.146. The Morgan fingerprint density at radius 1 is 0.976 bits per heavy atom. The normalized spacial score (nSPS) is 14.1. The van der Waals surface area contributed by atoms with Crippen molar-refractivity contribution in [3.8, 4) is 17.1 Å². The maximum absolute atomic E-state index is 13.6. The third-order valence-corrected chi connectivity index (χ3v) is 7.86. The van der Waals surface area contributed by atoms with E-state index in [-0.39, 0.29) is 48.8 Å². The lowest BCUT2D eigenvalue weighted by Crippen LogP contribution is -2.50.